The Bertz CT molecular complexity index is 1170. The maximum absolute atomic E-state index is 12.8. The van der Waals surface area contributed by atoms with E-state index in [4.69, 9.17) is 8.94 Å². The largest absolute Gasteiger partial charge is 0.460 e. The molecule has 2 atom stereocenters. The third kappa shape index (κ3) is 3.94. The van der Waals surface area contributed by atoms with Crippen LogP contribution in [0.3, 0.4) is 0 Å². The standard InChI is InChI=1S/C22H18F3N3O3/c23-22(24,25)15-7-5-13(6-8-15)20-26-21(31-27-20)18-10-16(29)11-28(18)12-17-9-14-3-1-2-4-19(14)30-17/h1-9,16,18,29H,10-12H2. The lowest BCUT2D eigenvalue weighted by Gasteiger charge is -2.19. The number of rotatable bonds is 4. The molecule has 4 aromatic rings. The molecule has 1 N–H and O–H groups in total. The van der Waals surface area contributed by atoms with Crippen molar-refractivity contribution in [2.45, 2.75) is 31.3 Å². The van der Waals surface area contributed by atoms with Crippen molar-refractivity contribution in [3.8, 4) is 11.4 Å². The van der Waals surface area contributed by atoms with E-state index in [1.807, 2.05) is 35.2 Å². The molecule has 0 radical (unpaired) electrons. The van der Waals surface area contributed by atoms with Gasteiger partial charge in [-0.05, 0) is 30.7 Å². The molecule has 1 aliphatic heterocycles. The van der Waals surface area contributed by atoms with Gasteiger partial charge in [0.05, 0.1) is 24.3 Å². The molecule has 0 aliphatic carbocycles. The Morgan fingerprint density at radius 2 is 1.87 bits per heavy atom. The predicted molar refractivity (Wildman–Crippen MR) is 105 cm³/mol. The Hall–Kier alpha value is -3.17. The number of alkyl halides is 3. The lowest BCUT2D eigenvalue weighted by Crippen LogP contribution is -2.24. The molecule has 1 aliphatic rings. The fraction of sp³-hybridized carbons (Fsp3) is 0.273. The molecule has 0 amide bonds. The summed E-state index contributed by atoms with van der Waals surface area (Å²) >= 11 is 0. The third-order valence-electron chi connectivity index (χ3n) is 5.41. The maximum atomic E-state index is 12.8. The first-order chi connectivity index (χ1) is 14.9. The SMILES string of the molecule is OC1CC(c2nc(-c3ccc(C(F)(F)F)cc3)no2)N(Cc2cc3ccccc3o2)C1. The van der Waals surface area contributed by atoms with E-state index in [-0.39, 0.29) is 11.9 Å². The number of hydrogen-bond acceptors (Lipinski definition) is 6. The van der Waals surface area contributed by atoms with Crippen molar-refractivity contribution >= 4 is 11.0 Å². The zero-order chi connectivity index (χ0) is 21.6. The van der Waals surface area contributed by atoms with E-state index in [9.17, 15) is 18.3 Å². The third-order valence-corrected chi connectivity index (χ3v) is 5.41. The quantitative estimate of drug-likeness (QED) is 0.502. The molecule has 31 heavy (non-hydrogen) atoms. The predicted octanol–water partition coefficient (Wildman–Crippen LogP) is 4.81. The Balaban J connectivity index is 1.37. The number of nitrogens with zero attached hydrogens (tertiary/aromatic N) is 3. The molecule has 0 bridgehead atoms. The van der Waals surface area contributed by atoms with Crippen molar-refractivity contribution in [2.24, 2.45) is 0 Å². The summed E-state index contributed by atoms with van der Waals surface area (Å²) in [5, 5.41) is 15.1. The normalized spacial score (nSPS) is 20.0. The minimum atomic E-state index is -4.40. The van der Waals surface area contributed by atoms with Crippen LogP contribution in [0.4, 0.5) is 13.2 Å². The van der Waals surface area contributed by atoms with Crippen LogP contribution >= 0.6 is 0 Å². The highest BCUT2D eigenvalue weighted by Crippen LogP contribution is 2.35. The molecule has 2 aromatic carbocycles. The Morgan fingerprint density at radius 1 is 1.10 bits per heavy atom. The van der Waals surface area contributed by atoms with E-state index in [1.165, 1.54) is 12.1 Å². The number of furan rings is 1. The number of halogens is 3. The molecule has 2 aromatic heterocycles. The summed E-state index contributed by atoms with van der Waals surface area (Å²) in [7, 11) is 0. The topological polar surface area (TPSA) is 75.5 Å². The Labute approximate surface area is 174 Å². The Kier molecular flexibility index (Phi) is 4.79. The minimum absolute atomic E-state index is 0.203. The van der Waals surface area contributed by atoms with Crippen LogP contribution in [0.15, 0.2) is 63.5 Å². The molecule has 5 rings (SSSR count). The number of aliphatic hydroxyl groups excluding tert-OH is 1. The summed E-state index contributed by atoms with van der Waals surface area (Å²) in [6, 6.07) is 13.9. The van der Waals surface area contributed by atoms with E-state index < -0.39 is 17.8 Å². The van der Waals surface area contributed by atoms with E-state index in [0.29, 0.717) is 31.0 Å². The van der Waals surface area contributed by atoms with Crippen LogP contribution in [-0.4, -0.2) is 32.8 Å². The monoisotopic (exact) mass is 429 g/mol. The van der Waals surface area contributed by atoms with Gasteiger partial charge in [0, 0.05) is 17.5 Å². The lowest BCUT2D eigenvalue weighted by atomic mass is 10.1. The van der Waals surface area contributed by atoms with E-state index in [2.05, 4.69) is 10.1 Å². The highest BCUT2D eigenvalue weighted by Gasteiger charge is 2.36. The number of benzene rings is 2. The minimum Gasteiger partial charge on any atom is -0.460 e. The smallest absolute Gasteiger partial charge is 0.416 e. The fourth-order valence-corrected chi connectivity index (χ4v) is 3.92. The number of aliphatic hydroxyl groups is 1. The van der Waals surface area contributed by atoms with Gasteiger partial charge in [-0.25, -0.2) is 0 Å². The van der Waals surface area contributed by atoms with Crippen molar-refractivity contribution in [3.63, 3.8) is 0 Å². The summed E-state index contributed by atoms with van der Waals surface area (Å²) in [6.45, 7) is 0.869. The molecule has 0 saturated carbocycles. The molecular formula is C22H18F3N3O3. The first kappa shape index (κ1) is 19.8. The van der Waals surface area contributed by atoms with Gasteiger partial charge in [0.25, 0.3) is 0 Å². The molecule has 0 spiro atoms. The zero-order valence-corrected chi connectivity index (χ0v) is 16.2. The molecule has 2 unspecified atom stereocenters. The summed E-state index contributed by atoms with van der Waals surface area (Å²) < 4.78 is 49.6. The van der Waals surface area contributed by atoms with Crippen LogP contribution in [0.2, 0.25) is 0 Å². The van der Waals surface area contributed by atoms with Gasteiger partial charge in [-0.2, -0.15) is 18.2 Å². The molecule has 6 nitrogen and oxygen atoms in total. The summed E-state index contributed by atoms with van der Waals surface area (Å²) in [5.74, 6) is 1.26. The fourth-order valence-electron chi connectivity index (χ4n) is 3.92. The second kappa shape index (κ2) is 7.51. The average Bonchev–Trinajstić information content (AvgIpc) is 3.45. The van der Waals surface area contributed by atoms with Gasteiger partial charge >= 0.3 is 6.18 Å². The summed E-state index contributed by atoms with van der Waals surface area (Å²) in [4.78, 5) is 6.37. The molecule has 9 heteroatoms. The van der Waals surface area contributed by atoms with Gasteiger partial charge in [0.15, 0.2) is 0 Å². The van der Waals surface area contributed by atoms with Crippen LogP contribution < -0.4 is 0 Å². The van der Waals surface area contributed by atoms with Gasteiger partial charge in [0.1, 0.15) is 11.3 Å². The molecule has 160 valence electrons. The molecule has 3 heterocycles. The second-order valence-corrected chi connectivity index (χ2v) is 7.62. The Morgan fingerprint density at radius 3 is 2.61 bits per heavy atom. The summed E-state index contributed by atoms with van der Waals surface area (Å²) in [6.07, 6.45) is -4.55. The highest BCUT2D eigenvalue weighted by atomic mass is 19.4. The van der Waals surface area contributed by atoms with Crippen LogP contribution in [0.5, 0.6) is 0 Å². The lowest BCUT2D eigenvalue weighted by molar-refractivity contribution is -0.137. The number of β-amino-alcohol motifs (C(OH)–C–C–N with tert-alkyl or cyclic N) is 1. The molecular weight excluding hydrogens is 411 g/mol. The van der Waals surface area contributed by atoms with E-state index in [1.54, 1.807) is 0 Å². The van der Waals surface area contributed by atoms with Gasteiger partial charge < -0.3 is 14.0 Å². The number of fused-ring (bicyclic) bond motifs is 1. The van der Waals surface area contributed by atoms with Crippen molar-refractivity contribution in [3.05, 3.63) is 71.8 Å². The maximum Gasteiger partial charge on any atom is 0.416 e. The van der Waals surface area contributed by atoms with Gasteiger partial charge in [-0.15, -0.1) is 0 Å². The van der Waals surface area contributed by atoms with Crippen molar-refractivity contribution in [2.75, 3.05) is 6.54 Å². The van der Waals surface area contributed by atoms with Crippen molar-refractivity contribution in [1.82, 2.24) is 15.0 Å². The van der Waals surface area contributed by atoms with E-state index >= 15 is 0 Å². The van der Waals surface area contributed by atoms with Crippen LogP contribution in [0, 0.1) is 0 Å². The summed E-state index contributed by atoms with van der Waals surface area (Å²) in [5.41, 5.74) is 0.470. The van der Waals surface area contributed by atoms with Crippen LogP contribution in [-0.2, 0) is 12.7 Å². The van der Waals surface area contributed by atoms with Crippen LogP contribution in [0.25, 0.3) is 22.4 Å². The second-order valence-electron chi connectivity index (χ2n) is 7.62. The highest BCUT2D eigenvalue weighted by molar-refractivity contribution is 5.77. The number of aromatic nitrogens is 2. The number of hydrogen-bond donors (Lipinski definition) is 1. The van der Waals surface area contributed by atoms with Gasteiger partial charge in [-0.3, -0.25) is 4.90 Å². The van der Waals surface area contributed by atoms with Gasteiger partial charge in [-0.1, -0.05) is 35.5 Å². The first-order valence-corrected chi connectivity index (χ1v) is 9.77. The molecule has 1 saturated heterocycles. The first-order valence-electron chi connectivity index (χ1n) is 9.77. The average molecular weight is 429 g/mol. The van der Waals surface area contributed by atoms with Gasteiger partial charge in [0.2, 0.25) is 11.7 Å². The van der Waals surface area contributed by atoms with Crippen molar-refractivity contribution in [1.29, 1.82) is 0 Å². The zero-order valence-electron chi connectivity index (χ0n) is 16.2. The van der Waals surface area contributed by atoms with Crippen molar-refractivity contribution < 1.29 is 27.2 Å². The number of likely N-dealkylation sites (tertiary alicyclic amines) is 1. The number of para-hydroxylation sites is 1. The molecule has 1 fully saturated rings. The van der Waals surface area contributed by atoms with Crippen LogP contribution in [0.1, 0.15) is 29.7 Å². The van der Waals surface area contributed by atoms with E-state index in [0.717, 1.165) is 28.9 Å².